The van der Waals surface area contributed by atoms with E-state index in [0.717, 1.165) is 12.8 Å². The standard InChI is InChI=1S/C14H17N3O3/c15-13(18)11-4-3-10(7-16-11)14(19)17-5-6-20-8-12(17)9-1-2-9/h3-4,7,9,12H,1-2,5-6,8H2,(H2,15,18). The number of hydrogen-bond donors (Lipinski definition) is 1. The molecule has 2 heterocycles. The normalized spacial score (nSPS) is 22.6. The molecule has 0 spiro atoms. The van der Waals surface area contributed by atoms with Gasteiger partial charge in [-0.2, -0.15) is 0 Å². The molecule has 20 heavy (non-hydrogen) atoms. The van der Waals surface area contributed by atoms with Crippen molar-refractivity contribution in [2.24, 2.45) is 11.7 Å². The number of primary amides is 1. The molecule has 0 aromatic carbocycles. The minimum absolute atomic E-state index is 0.0475. The minimum atomic E-state index is -0.591. The van der Waals surface area contributed by atoms with Gasteiger partial charge in [0, 0.05) is 12.7 Å². The Hall–Kier alpha value is -1.95. The summed E-state index contributed by atoms with van der Waals surface area (Å²) in [4.78, 5) is 29.3. The Morgan fingerprint density at radius 3 is 2.75 bits per heavy atom. The molecule has 1 unspecified atom stereocenters. The number of carbonyl (C=O) groups excluding carboxylic acids is 2. The Kier molecular flexibility index (Phi) is 3.40. The molecule has 1 saturated carbocycles. The predicted octanol–water partition coefficient (Wildman–Crippen LogP) is 0.431. The van der Waals surface area contributed by atoms with E-state index in [1.807, 2.05) is 4.90 Å². The van der Waals surface area contributed by atoms with Crippen molar-refractivity contribution in [1.29, 1.82) is 0 Å². The number of morpholine rings is 1. The summed E-state index contributed by atoms with van der Waals surface area (Å²) in [6.07, 6.45) is 3.75. The fourth-order valence-corrected chi connectivity index (χ4v) is 2.58. The Balaban J connectivity index is 1.77. The van der Waals surface area contributed by atoms with E-state index in [9.17, 15) is 9.59 Å². The average Bonchev–Trinajstić information content (AvgIpc) is 3.31. The fraction of sp³-hybridized carbons (Fsp3) is 0.500. The van der Waals surface area contributed by atoms with Gasteiger partial charge in [0.2, 0.25) is 0 Å². The molecule has 2 N–H and O–H groups in total. The number of nitrogens with two attached hydrogens (primary N) is 1. The smallest absolute Gasteiger partial charge is 0.267 e. The third-order valence-electron chi connectivity index (χ3n) is 3.86. The molecule has 6 nitrogen and oxygen atoms in total. The molecule has 2 fully saturated rings. The molecule has 1 aliphatic carbocycles. The van der Waals surface area contributed by atoms with Gasteiger partial charge in [-0.3, -0.25) is 14.6 Å². The fourth-order valence-electron chi connectivity index (χ4n) is 2.58. The van der Waals surface area contributed by atoms with E-state index < -0.39 is 5.91 Å². The Morgan fingerprint density at radius 1 is 1.35 bits per heavy atom. The Morgan fingerprint density at radius 2 is 2.15 bits per heavy atom. The number of carbonyl (C=O) groups is 2. The van der Waals surface area contributed by atoms with Crippen molar-refractivity contribution in [1.82, 2.24) is 9.88 Å². The van der Waals surface area contributed by atoms with E-state index in [0.29, 0.717) is 31.2 Å². The molecule has 6 heteroatoms. The lowest BCUT2D eigenvalue weighted by Gasteiger charge is -2.35. The zero-order valence-corrected chi connectivity index (χ0v) is 11.1. The van der Waals surface area contributed by atoms with Crippen LogP contribution in [0.5, 0.6) is 0 Å². The van der Waals surface area contributed by atoms with Gasteiger partial charge in [-0.15, -0.1) is 0 Å². The zero-order valence-electron chi connectivity index (χ0n) is 11.1. The van der Waals surface area contributed by atoms with Gasteiger partial charge >= 0.3 is 0 Å². The summed E-state index contributed by atoms with van der Waals surface area (Å²) in [7, 11) is 0. The van der Waals surface area contributed by atoms with E-state index in [4.69, 9.17) is 10.5 Å². The van der Waals surface area contributed by atoms with Gasteiger partial charge in [-0.25, -0.2) is 0 Å². The number of nitrogens with zero attached hydrogens (tertiary/aromatic N) is 2. The van der Waals surface area contributed by atoms with Crippen LogP contribution >= 0.6 is 0 Å². The van der Waals surface area contributed by atoms with Gasteiger partial charge in [-0.1, -0.05) is 0 Å². The first kappa shape index (κ1) is 13.1. The second-order valence-corrected chi connectivity index (χ2v) is 5.27. The third-order valence-corrected chi connectivity index (χ3v) is 3.86. The zero-order chi connectivity index (χ0) is 14.1. The summed E-state index contributed by atoms with van der Waals surface area (Å²) in [6.45, 7) is 1.79. The molecule has 0 radical (unpaired) electrons. The van der Waals surface area contributed by atoms with E-state index in [2.05, 4.69) is 4.98 Å². The molecule has 2 amide bonds. The summed E-state index contributed by atoms with van der Waals surface area (Å²) < 4.78 is 5.48. The van der Waals surface area contributed by atoms with Crippen LogP contribution in [0.1, 0.15) is 33.7 Å². The lowest BCUT2D eigenvalue weighted by atomic mass is 10.1. The quantitative estimate of drug-likeness (QED) is 0.867. The molecule has 1 aliphatic heterocycles. The highest BCUT2D eigenvalue weighted by molar-refractivity contribution is 5.96. The van der Waals surface area contributed by atoms with Crippen LogP contribution < -0.4 is 5.73 Å². The summed E-state index contributed by atoms with van der Waals surface area (Å²) >= 11 is 0. The summed E-state index contributed by atoms with van der Waals surface area (Å²) in [5.74, 6) is -0.0722. The Bertz CT molecular complexity index is 525. The van der Waals surface area contributed by atoms with E-state index in [1.54, 1.807) is 6.07 Å². The SMILES string of the molecule is NC(=O)c1ccc(C(=O)N2CCOCC2C2CC2)cn1. The van der Waals surface area contributed by atoms with Crippen molar-refractivity contribution in [3.8, 4) is 0 Å². The molecular weight excluding hydrogens is 258 g/mol. The number of aromatic nitrogens is 1. The molecule has 1 aromatic rings. The first-order valence-corrected chi connectivity index (χ1v) is 6.81. The number of ether oxygens (including phenoxy) is 1. The second kappa shape index (κ2) is 5.20. The van der Waals surface area contributed by atoms with Gasteiger partial charge in [0.15, 0.2) is 0 Å². The van der Waals surface area contributed by atoms with Crippen LogP contribution in [0, 0.1) is 5.92 Å². The van der Waals surface area contributed by atoms with E-state index >= 15 is 0 Å². The summed E-state index contributed by atoms with van der Waals surface area (Å²) in [6, 6.07) is 3.27. The molecule has 1 aromatic heterocycles. The first-order valence-electron chi connectivity index (χ1n) is 6.81. The largest absolute Gasteiger partial charge is 0.377 e. The predicted molar refractivity (Wildman–Crippen MR) is 71.1 cm³/mol. The summed E-state index contributed by atoms with van der Waals surface area (Å²) in [5.41, 5.74) is 5.80. The highest BCUT2D eigenvalue weighted by atomic mass is 16.5. The van der Waals surface area contributed by atoms with Crippen molar-refractivity contribution >= 4 is 11.8 Å². The van der Waals surface area contributed by atoms with Crippen molar-refractivity contribution in [2.75, 3.05) is 19.8 Å². The topological polar surface area (TPSA) is 85.5 Å². The molecule has 3 rings (SSSR count). The molecule has 2 aliphatic rings. The second-order valence-electron chi connectivity index (χ2n) is 5.27. The van der Waals surface area contributed by atoms with Crippen LogP contribution in [0.15, 0.2) is 18.3 Å². The molecular formula is C14H17N3O3. The first-order chi connectivity index (χ1) is 9.66. The Labute approximate surface area is 116 Å². The van der Waals surface area contributed by atoms with E-state index in [-0.39, 0.29) is 17.6 Å². The highest BCUT2D eigenvalue weighted by Crippen LogP contribution is 2.36. The van der Waals surface area contributed by atoms with Crippen LogP contribution in [0.3, 0.4) is 0 Å². The van der Waals surface area contributed by atoms with Gasteiger partial charge in [0.1, 0.15) is 5.69 Å². The number of amides is 2. The highest BCUT2D eigenvalue weighted by Gasteiger charge is 2.39. The van der Waals surface area contributed by atoms with Gasteiger partial charge in [-0.05, 0) is 30.9 Å². The average molecular weight is 275 g/mol. The minimum Gasteiger partial charge on any atom is -0.377 e. The monoisotopic (exact) mass is 275 g/mol. The van der Waals surface area contributed by atoms with E-state index in [1.165, 1.54) is 12.3 Å². The van der Waals surface area contributed by atoms with Gasteiger partial charge in [0.25, 0.3) is 11.8 Å². The van der Waals surface area contributed by atoms with Gasteiger partial charge < -0.3 is 15.4 Å². The third kappa shape index (κ3) is 2.51. The van der Waals surface area contributed by atoms with Gasteiger partial charge in [0.05, 0.1) is 24.8 Å². The molecule has 0 bridgehead atoms. The number of pyridine rings is 1. The lowest BCUT2D eigenvalue weighted by molar-refractivity contribution is -0.00836. The maximum atomic E-state index is 12.5. The van der Waals surface area contributed by atoms with Crippen molar-refractivity contribution in [2.45, 2.75) is 18.9 Å². The molecule has 1 atom stereocenters. The maximum Gasteiger partial charge on any atom is 0.267 e. The molecule has 1 saturated heterocycles. The van der Waals surface area contributed by atoms with Crippen LogP contribution in [-0.4, -0.2) is 47.5 Å². The van der Waals surface area contributed by atoms with Crippen molar-refractivity contribution in [3.05, 3.63) is 29.6 Å². The van der Waals surface area contributed by atoms with Crippen LogP contribution in [0.4, 0.5) is 0 Å². The molecule has 106 valence electrons. The van der Waals surface area contributed by atoms with Crippen LogP contribution in [0.2, 0.25) is 0 Å². The van der Waals surface area contributed by atoms with Crippen molar-refractivity contribution < 1.29 is 14.3 Å². The number of rotatable bonds is 3. The van der Waals surface area contributed by atoms with Crippen LogP contribution in [0.25, 0.3) is 0 Å². The summed E-state index contributed by atoms with van der Waals surface area (Å²) in [5, 5.41) is 0. The number of hydrogen-bond acceptors (Lipinski definition) is 4. The van der Waals surface area contributed by atoms with Crippen molar-refractivity contribution in [3.63, 3.8) is 0 Å². The maximum absolute atomic E-state index is 12.5. The lowest BCUT2D eigenvalue weighted by Crippen LogP contribution is -2.49. The van der Waals surface area contributed by atoms with Crippen LogP contribution in [-0.2, 0) is 4.74 Å².